The van der Waals surface area contributed by atoms with Crippen molar-refractivity contribution in [3.05, 3.63) is 23.2 Å². The molecule has 0 aromatic heterocycles. The van der Waals surface area contributed by atoms with Crippen LogP contribution in [0.4, 0.5) is 11.4 Å². The first kappa shape index (κ1) is 14.7. The van der Waals surface area contributed by atoms with Crippen LogP contribution in [0, 0.1) is 0 Å². The summed E-state index contributed by atoms with van der Waals surface area (Å²) in [7, 11) is 0. The van der Waals surface area contributed by atoms with Gasteiger partial charge in [0.1, 0.15) is 0 Å². The van der Waals surface area contributed by atoms with E-state index >= 15 is 0 Å². The molecule has 0 aliphatic carbocycles. The van der Waals surface area contributed by atoms with Gasteiger partial charge in [-0.05, 0) is 25.1 Å². The zero-order valence-corrected chi connectivity index (χ0v) is 11.3. The Morgan fingerprint density at radius 3 is 2.78 bits per heavy atom. The maximum absolute atomic E-state index is 11.8. The average molecular weight is 288 g/mol. The number of nitrogens with two attached hydrogens (primary N) is 2. The van der Waals surface area contributed by atoms with Crippen molar-refractivity contribution in [2.45, 2.75) is 12.2 Å². The highest BCUT2D eigenvalue weighted by molar-refractivity contribution is 8.01. The molecule has 98 valence electrons. The molecule has 0 spiro atoms. The van der Waals surface area contributed by atoms with Crippen molar-refractivity contribution in [3.8, 4) is 0 Å². The molecule has 1 aromatic carbocycles. The van der Waals surface area contributed by atoms with E-state index in [2.05, 4.69) is 5.32 Å². The number of carbonyl (C=O) groups excluding carboxylic acids is 2. The van der Waals surface area contributed by atoms with Gasteiger partial charge in [0.25, 0.3) is 0 Å². The molecule has 0 radical (unpaired) electrons. The molecule has 0 fully saturated rings. The molecule has 1 atom stereocenters. The van der Waals surface area contributed by atoms with Crippen LogP contribution in [-0.4, -0.2) is 22.8 Å². The van der Waals surface area contributed by atoms with Crippen molar-refractivity contribution in [3.63, 3.8) is 0 Å². The summed E-state index contributed by atoms with van der Waals surface area (Å²) in [5.41, 5.74) is 11.6. The summed E-state index contributed by atoms with van der Waals surface area (Å²) in [5.74, 6) is -0.614. The Bertz CT molecular complexity index is 468. The van der Waals surface area contributed by atoms with Gasteiger partial charge < -0.3 is 16.8 Å². The molecule has 0 bridgehead atoms. The third-order valence-corrected chi connectivity index (χ3v) is 3.52. The molecule has 0 aliphatic rings. The number of nitrogen functional groups attached to an aromatic ring is 1. The molecule has 2 amide bonds. The number of hydrogen-bond donors (Lipinski definition) is 3. The summed E-state index contributed by atoms with van der Waals surface area (Å²) in [5, 5.41) is 2.73. The molecule has 5 N–H and O–H groups in total. The quantitative estimate of drug-likeness (QED) is 0.714. The Labute approximate surface area is 114 Å². The highest BCUT2D eigenvalue weighted by Crippen LogP contribution is 2.24. The maximum Gasteiger partial charge on any atom is 0.237 e. The van der Waals surface area contributed by atoms with Crippen LogP contribution in [0.2, 0.25) is 5.02 Å². The van der Waals surface area contributed by atoms with Gasteiger partial charge in [0.05, 0.1) is 22.4 Å². The lowest BCUT2D eigenvalue weighted by Crippen LogP contribution is -2.25. The second-order valence-corrected chi connectivity index (χ2v) is 5.41. The van der Waals surface area contributed by atoms with Crippen LogP contribution in [0.1, 0.15) is 6.92 Å². The largest absolute Gasteiger partial charge is 0.397 e. The molecular formula is C11H14ClN3O2S. The van der Waals surface area contributed by atoms with Crippen LogP contribution >= 0.6 is 23.4 Å². The fourth-order valence-corrected chi connectivity index (χ4v) is 1.95. The molecule has 1 rings (SSSR count). The first-order valence-electron chi connectivity index (χ1n) is 5.16. The van der Waals surface area contributed by atoms with Gasteiger partial charge in [0.2, 0.25) is 11.8 Å². The SMILES string of the molecule is CC(SCC(N)=O)C(=O)Nc1cc(Cl)ccc1N. The number of nitrogens with one attached hydrogen (secondary N) is 1. The minimum atomic E-state index is -0.457. The van der Waals surface area contributed by atoms with Crippen molar-refractivity contribution in [1.29, 1.82) is 0 Å². The monoisotopic (exact) mass is 287 g/mol. The predicted octanol–water partition coefficient (Wildman–Crippen LogP) is 1.47. The fourth-order valence-electron chi connectivity index (χ4n) is 1.15. The normalized spacial score (nSPS) is 11.9. The van der Waals surface area contributed by atoms with E-state index < -0.39 is 11.2 Å². The van der Waals surface area contributed by atoms with Gasteiger partial charge >= 0.3 is 0 Å². The lowest BCUT2D eigenvalue weighted by Gasteiger charge is -2.12. The van der Waals surface area contributed by atoms with Crippen LogP contribution in [0.15, 0.2) is 18.2 Å². The van der Waals surface area contributed by atoms with Gasteiger partial charge in [-0.3, -0.25) is 9.59 Å². The van der Waals surface area contributed by atoms with Crippen LogP contribution in [0.5, 0.6) is 0 Å². The van der Waals surface area contributed by atoms with Crippen LogP contribution < -0.4 is 16.8 Å². The van der Waals surface area contributed by atoms with E-state index in [1.54, 1.807) is 25.1 Å². The standard InChI is InChI=1S/C11H14ClN3O2S/c1-6(18-5-10(14)16)11(17)15-9-4-7(12)2-3-8(9)13/h2-4,6H,5,13H2,1H3,(H2,14,16)(H,15,17). The Morgan fingerprint density at radius 1 is 1.50 bits per heavy atom. The number of thioether (sulfide) groups is 1. The average Bonchev–Trinajstić information content (AvgIpc) is 2.30. The Hall–Kier alpha value is -1.40. The van der Waals surface area contributed by atoms with E-state index in [1.165, 1.54) is 0 Å². The first-order valence-corrected chi connectivity index (χ1v) is 6.58. The van der Waals surface area contributed by atoms with Gasteiger partial charge in [-0.2, -0.15) is 0 Å². The molecule has 7 heteroatoms. The van der Waals surface area contributed by atoms with Gasteiger partial charge in [-0.25, -0.2) is 0 Å². The molecule has 0 heterocycles. The molecule has 18 heavy (non-hydrogen) atoms. The number of anilines is 2. The first-order chi connectivity index (χ1) is 8.40. The van der Waals surface area contributed by atoms with E-state index in [0.29, 0.717) is 16.4 Å². The second-order valence-electron chi connectivity index (χ2n) is 3.64. The van der Waals surface area contributed by atoms with Crippen molar-refractivity contribution in [2.24, 2.45) is 5.73 Å². The molecule has 1 aromatic rings. The van der Waals surface area contributed by atoms with Crippen molar-refractivity contribution >= 4 is 46.6 Å². The number of amides is 2. The maximum atomic E-state index is 11.8. The zero-order chi connectivity index (χ0) is 13.7. The number of halogens is 1. The van der Waals surface area contributed by atoms with E-state index in [0.717, 1.165) is 11.8 Å². The smallest absolute Gasteiger partial charge is 0.237 e. The highest BCUT2D eigenvalue weighted by Gasteiger charge is 2.15. The second kappa shape index (κ2) is 6.51. The van der Waals surface area contributed by atoms with Gasteiger partial charge in [-0.15, -0.1) is 11.8 Å². The van der Waals surface area contributed by atoms with E-state index in [-0.39, 0.29) is 11.7 Å². The summed E-state index contributed by atoms with van der Waals surface area (Å²) in [6, 6.07) is 4.82. The number of carbonyl (C=O) groups is 2. The molecule has 0 aliphatic heterocycles. The number of hydrogen-bond acceptors (Lipinski definition) is 4. The molecular weight excluding hydrogens is 274 g/mol. The number of benzene rings is 1. The minimum absolute atomic E-state index is 0.0968. The highest BCUT2D eigenvalue weighted by atomic mass is 35.5. The lowest BCUT2D eigenvalue weighted by molar-refractivity contribution is -0.115. The van der Waals surface area contributed by atoms with E-state index in [4.69, 9.17) is 23.1 Å². The third kappa shape index (κ3) is 4.46. The topological polar surface area (TPSA) is 98.2 Å². The van der Waals surface area contributed by atoms with Crippen LogP contribution in [0.3, 0.4) is 0 Å². The van der Waals surface area contributed by atoms with Crippen LogP contribution in [0.25, 0.3) is 0 Å². The predicted molar refractivity (Wildman–Crippen MR) is 75.6 cm³/mol. The number of primary amides is 1. The van der Waals surface area contributed by atoms with Crippen molar-refractivity contribution in [1.82, 2.24) is 0 Å². The number of rotatable bonds is 5. The summed E-state index contributed by atoms with van der Waals surface area (Å²) in [4.78, 5) is 22.4. The molecule has 1 unspecified atom stereocenters. The third-order valence-electron chi connectivity index (χ3n) is 2.12. The summed E-state index contributed by atoms with van der Waals surface area (Å²) >= 11 is 6.97. The summed E-state index contributed by atoms with van der Waals surface area (Å²) in [6.45, 7) is 1.68. The molecule has 5 nitrogen and oxygen atoms in total. The lowest BCUT2D eigenvalue weighted by atomic mass is 10.2. The van der Waals surface area contributed by atoms with E-state index in [9.17, 15) is 9.59 Å². The van der Waals surface area contributed by atoms with Crippen molar-refractivity contribution in [2.75, 3.05) is 16.8 Å². The Morgan fingerprint density at radius 2 is 2.17 bits per heavy atom. The van der Waals surface area contributed by atoms with E-state index in [1.807, 2.05) is 0 Å². The zero-order valence-electron chi connectivity index (χ0n) is 9.77. The molecule has 0 saturated carbocycles. The molecule has 0 saturated heterocycles. The Kier molecular flexibility index (Phi) is 5.30. The van der Waals surface area contributed by atoms with Crippen LogP contribution in [-0.2, 0) is 9.59 Å². The van der Waals surface area contributed by atoms with Crippen molar-refractivity contribution < 1.29 is 9.59 Å². The Balaban J connectivity index is 2.63. The summed E-state index contributed by atoms with van der Waals surface area (Å²) in [6.07, 6.45) is 0. The summed E-state index contributed by atoms with van der Waals surface area (Å²) < 4.78 is 0. The fraction of sp³-hybridized carbons (Fsp3) is 0.273. The van der Waals surface area contributed by atoms with Gasteiger partial charge in [0, 0.05) is 5.02 Å². The van der Waals surface area contributed by atoms with Gasteiger partial charge in [0.15, 0.2) is 0 Å². The minimum Gasteiger partial charge on any atom is -0.397 e. The van der Waals surface area contributed by atoms with Gasteiger partial charge in [-0.1, -0.05) is 11.6 Å².